The van der Waals surface area contributed by atoms with Gasteiger partial charge < -0.3 is 5.32 Å². The zero-order valence-corrected chi connectivity index (χ0v) is 10.7. The maximum Gasteiger partial charge on any atom is 0.248 e. The summed E-state index contributed by atoms with van der Waals surface area (Å²) in [5.41, 5.74) is 1.20. The number of thiophene rings is 1. The molecule has 4 heteroatoms. The fourth-order valence-electron chi connectivity index (χ4n) is 3.25. The van der Waals surface area contributed by atoms with Gasteiger partial charge in [0.1, 0.15) is 0 Å². The predicted molar refractivity (Wildman–Crippen MR) is 65.7 cm³/mol. The van der Waals surface area contributed by atoms with Crippen molar-refractivity contribution in [2.24, 2.45) is 0 Å². The molecule has 1 aromatic rings. The maximum absolute atomic E-state index is 13.3. The van der Waals surface area contributed by atoms with E-state index in [1.54, 1.807) is 11.3 Å². The van der Waals surface area contributed by atoms with Gasteiger partial charge in [-0.2, -0.15) is 0 Å². The Balaban J connectivity index is 1.94. The zero-order chi connectivity index (χ0) is 12.1. The second kappa shape index (κ2) is 3.75. The van der Waals surface area contributed by atoms with E-state index < -0.39 is 5.92 Å². The smallest absolute Gasteiger partial charge is 0.248 e. The van der Waals surface area contributed by atoms with Crippen molar-refractivity contribution in [2.45, 2.75) is 56.5 Å². The molecule has 0 amide bonds. The van der Waals surface area contributed by atoms with E-state index in [1.807, 2.05) is 0 Å². The molecule has 94 valence electrons. The van der Waals surface area contributed by atoms with E-state index >= 15 is 0 Å². The molecular formula is C13H17F2NS. The lowest BCUT2D eigenvalue weighted by atomic mass is 9.74. The van der Waals surface area contributed by atoms with E-state index in [1.165, 1.54) is 10.4 Å². The molecule has 0 radical (unpaired) electrons. The van der Waals surface area contributed by atoms with Crippen LogP contribution in [0.3, 0.4) is 0 Å². The molecule has 1 aromatic heterocycles. The molecular weight excluding hydrogens is 240 g/mol. The Morgan fingerprint density at radius 2 is 2.00 bits per heavy atom. The summed E-state index contributed by atoms with van der Waals surface area (Å²) in [5, 5.41) is 5.68. The van der Waals surface area contributed by atoms with Crippen molar-refractivity contribution in [1.29, 1.82) is 0 Å². The van der Waals surface area contributed by atoms with Crippen molar-refractivity contribution in [3.63, 3.8) is 0 Å². The zero-order valence-electron chi connectivity index (χ0n) is 9.93. The Hall–Kier alpha value is -0.480. The number of hydrogen-bond donors (Lipinski definition) is 1. The van der Waals surface area contributed by atoms with Crippen LogP contribution in [0.4, 0.5) is 8.78 Å². The molecule has 1 aliphatic heterocycles. The molecule has 2 heterocycles. The SMILES string of the molecule is C[C@H]1Cc2ccsc2C2(CCC(F)(F)CC2)N1. The van der Waals surface area contributed by atoms with Crippen molar-refractivity contribution in [1.82, 2.24) is 5.32 Å². The largest absolute Gasteiger partial charge is 0.304 e. The van der Waals surface area contributed by atoms with Crippen LogP contribution in [0, 0.1) is 0 Å². The van der Waals surface area contributed by atoms with E-state index in [0.717, 1.165) is 6.42 Å². The van der Waals surface area contributed by atoms with E-state index in [4.69, 9.17) is 0 Å². The van der Waals surface area contributed by atoms with Gasteiger partial charge in [-0.15, -0.1) is 11.3 Å². The molecule has 17 heavy (non-hydrogen) atoms. The minimum absolute atomic E-state index is 0.0179. The van der Waals surface area contributed by atoms with Gasteiger partial charge in [-0.05, 0) is 43.2 Å². The first-order valence-electron chi connectivity index (χ1n) is 6.23. The van der Waals surface area contributed by atoms with Crippen LogP contribution < -0.4 is 5.32 Å². The van der Waals surface area contributed by atoms with E-state index in [0.29, 0.717) is 18.9 Å². The predicted octanol–water partition coefficient (Wildman–Crippen LogP) is 3.69. The number of halogens is 2. The van der Waals surface area contributed by atoms with Crippen molar-refractivity contribution < 1.29 is 8.78 Å². The topological polar surface area (TPSA) is 12.0 Å². The lowest BCUT2D eigenvalue weighted by molar-refractivity contribution is -0.0591. The van der Waals surface area contributed by atoms with Crippen LogP contribution in [0.5, 0.6) is 0 Å². The van der Waals surface area contributed by atoms with Crippen molar-refractivity contribution in [2.75, 3.05) is 0 Å². The molecule has 1 N–H and O–H groups in total. The van der Waals surface area contributed by atoms with Gasteiger partial charge in [0.25, 0.3) is 0 Å². The average molecular weight is 257 g/mol. The van der Waals surface area contributed by atoms with Gasteiger partial charge >= 0.3 is 0 Å². The van der Waals surface area contributed by atoms with Crippen LogP contribution >= 0.6 is 11.3 Å². The Morgan fingerprint density at radius 1 is 1.29 bits per heavy atom. The summed E-state index contributed by atoms with van der Waals surface area (Å²) in [6, 6.07) is 2.55. The molecule has 0 bridgehead atoms. The van der Waals surface area contributed by atoms with Crippen LogP contribution in [0.1, 0.15) is 43.0 Å². The Morgan fingerprint density at radius 3 is 2.71 bits per heavy atom. The minimum Gasteiger partial charge on any atom is -0.304 e. The average Bonchev–Trinajstić information content (AvgIpc) is 2.71. The third-order valence-electron chi connectivity index (χ3n) is 4.07. The summed E-state index contributed by atoms with van der Waals surface area (Å²) < 4.78 is 26.6. The van der Waals surface area contributed by atoms with Crippen molar-refractivity contribution in [3.8, 4) is 0 Å². The highest BCUT2D eigenvalue weighted by Gasteiger charge is 2.47. The number of alkyl halides is 2. The normalized spacial score (nSPS) is 30.2. The fourth-order valence-corrected chi connectivity index (χ4v) is 4.41. The summed E-state index contributed by atoms with van der Waals surface area (Å²) in [4.78, 5) is 1.31. The molecule has 2 aliphatic rings. The first-order valence-corrected chi connectivity index (χ1v) is 7.11. The standard InChI is InChI=1S/C13H17F2NS/c1-9-8-10-2-7-17-11(10)12(16-9)3-5-13(14,15)6-4-12/h2,7,9,16H,3-6,8H2,1H3/t9-/m0/s1. The second-order valence-corrected chi connectivity index (χ2v) is 6.38. The van der Waals surface area contributed by atoms with Gasteiger partial charge in [-0.3, -0.25) is 0 Å². The molecule has 1 fully saturated rings. The maximum atomic E-state index is 13.3. The Bertz CT molecular complexity index is 417. The summed E-state index contributed by atoms with van der Waals surface area (Å²) >= 11 is 1.73. The number of nitrogens with one attached hydrogen (secondary N) is 1. The highest BCUT2D eigenvalue weighted by Crippen LogP contribution is 2.48. The third kappa shape index (κ3) is 1.91. The first-order chi connectivity index (χ1) is 8.01. The Labute approximate surface area is 104 Å². The number of rotatable bonds is 0. The highest BCUT2D eigenvalue weighted by molar-refractivity contribution is 7.10. The number of hydrogen-bond acceptors (Lipinski definition) is 2. The lowest BCUT2D eigenvalue weighted by Crippen LogP contribution is -2.54. The highest BCUT2D eigenvalue weighted by atomic mass is 32.1. The van der Waals surface area contributed by atoms with Crippen molar-refractivity contribution >= 4 is 11.3 Å². The van der Waals surface area contributed by atoms with E-state index in [-0.39, 0.29) is 18.4 Å². The summed E-state index contributed by atoms with van der Waals surface area (Å²) in [7, 11) is 0. The molecule has 3 rings (SSSR count). The lowest BCUT2D eigenvalue weighted by Gasteiger charge is -2.45. The molecule has 1 aliphatic carbocycles. The fraction of sp³-hybridized carbons (Fsp3) is 0.692. The Kier molecular flexibility index (Phi) is 2.56. The van der Waals surface area contributed by atoms with Crippen LogP contribution in [0.15, 0.2) is 11.4 Å². The van der Waals surface area contributed by atoms with E-state index in [9.17, 15) is 8.78 Å². The molecule has 0 saturated heterocycles. The van der Waals surface area contributed by atoms with Crippen molar-refractivity contribution in [3.05, 3.63) is 21.9 Å². The molecule has 1 spiro atoms. The first kappa shape index (κ1) is 11.6. The van der Waals surface area contributed by atoms with Crippen LogP contribution in [-0.2, 0) is 12.0 Å². The van der Waals surface area contributed by atoms with Crippen LogP contribution in [0.25, 0.3) is 0 Å². The quantitative estimate of drug-likeness (QED) is 0.747. The molecule has 0 aromatic carbocycles. The molecule has 1 atom stereocenters. The van der Waals surface area contributed by atoms with E-state index in [2.05, 4.69) is 23.7 Å². The summed E-state index contributed by atoms with van der Waals surface area (Å²) in [5.74, 6) is -2.45. The van der Waals surface area contributed by atoms with Crippen LogP contribution in [-0.4, -0.2) is 12.0 Å². The van der Waals surface area contributed by atoms with Crippen LogP contribution in [0.2, 0.25) is 0 Å². The third-order valence-corrected chi connectivity index (χ3v) is 5.23. The monoisotopic (exact) mass is 257 g/mol. The van der Waals surface area contributed by atoms with Gasteiger partial charge in [-0.25, -0.2) is 8.78 Å². The summed E-state index contributed by atoms with van der Waals surface area (Å²) in [6.45, 7) is 2.15. The number of fused-ring (bicyclic) bond motifs is 2. The molecule has 1 nitrogen and oxygen atoms in total. The minimum atomic E-state index is -2.45. The van der Waals surface area contributed by atoms with Gasteiger partial charge in [0.05, 0.1) is 5.54 Å². The molecule has 0 unspecified atom stereocenters. The summed E-state index contributed by atoms with van der Waals surface area (Å²) in [6.07, 6.45) is 2.20. The van der Waals surface area contributed by atoms with Gasteiger partial charge in [-0.1, -0.05) is 0 Å². The van der Waals surface area contributed by atoms with Gasteiger partial charge in [0, 0.05) is 23.8 Å². The van der Waals surface area contributed by atoms with Gasteiger partial charge in [0.15, 0.2) is 0 Å². The second-order valence-electron chi connectivity index (χ2n) is 5.46. The molecule has 1 saturated carbocycles. The van der Waals surface area contributed by atoms with Gasteiger partial charge in [0.2, 0.25) is 5.92 Å².